The van der Waals surface area contributed by atoms with Crippen LogP contribution in [0.3, 0.4) is 0 Å². The summed E-state index contributed by atoms with van der Waals surface area (Å²) in [6, 6.07) is 18.0. The molecule has 0 bridgehead atoms. The van der Waals surface area contributed by atoms with E-state index in [1.54, 1.807) is 0 Å². The van der Waals surface area contributed by atoms with Crippen LogP contribution in [0.25, 0.3) is 21.5 Å². The largest absolute Gasteiger partial charge is 0.0776 e. The SMILES string of the molecule is C[Si](C)(C)c1ccc2cc3cc(Br)ccc3cc2c1. The molecule has 3 aromatic carbocycles. The van der Waals surface area contributed by atoms with Crippen LogP contribution in [0.4, 0.5) is 0 Å². The number of hydrogen-bond donors (Lipinski definition) is 0. The van der Waals surface area contributed by atoms with Crippen molar-refractivity contribution in [3.05, 3.63) is 53.0 Å². The average Bonchev–Trinajstić information content (AvgIpc) is 2.34. The average molecular weight is 329 g/mol. The van der Waals surface area contributed by atoms with Gasteiger partial charge in [0, 0.05) is 4.47 Å². The fourth-order valence-electron chi connectivity index (χ4n) is 2.43. The number of rotatable bonds is 1. The van der Waals surface area contributed by atoms with E-state index in [0.29, 0.717) is 0 Å². The van der Waals surface area contributed by atoms with E-state index in [-0.39, 0.29) is 0 Å². The lowest BCUT2D eigenvalue weighted by molar-refractivity contribution is 1.70. The normalized spacial score (nSPS) is 12.2. The minimum Gasteiger partial charge on any atom is -0.0656 e. The van der Waals surface area contributed by atoms with Crippen LogP contribution in [0.1, 0.15) is 0 Å². The van der Waals surface area contributed by atoms with E-state index in [0.717, 1.165) is 4.47 Å². The molecular weight excluding hydrogens is 312 g/mol. The summed E-state index contributed by atoms with van der Waals surface area (Å²) >= 11 is 3.54. The third-order valence-corrected chi connectivity index (χ3v) is 6.16. The van der Waals surface area contributed by atoms with Gasteiger partial charge in [-0.3, -0.25) is 0 Å². The quantitative estimate of drug-likeness (QED) is 0.420. The van der Waals surface area contributed by atoms with Crippen molar-refractivity contribution in [2.24, 2.45) is 0 Å². The van der Waals surface area contributed by atoms with Gasteiger partial charge in [-0.15, -0.1) is 0 Å². The first-order valence-corrected chi connectivity index (χ1v) is 10.9. The third-order valence-electron chi connectivity index (χ3n) is 3.62. The molecule has 0 aliphatic rings. The molecule has 0 nitrogen and oxygen atoms in total. The fraction of sp³-hybridized carbons (Fsp3) is 0.176. The van der Waals surface area contributed by atoms with Crippen LogP contribution in [-0.4, -0.2) is 8.07 Å². The summed E-state index contributed by atoms with van der Waals surface area (Å²) in [6.07, 6.45) is 0. The second-order valence-corrected chi connectivity index (χ2v) is 12.1. The fourth-order valence-corrected chi connectivity index (χ4v) is 3.99. The molecule has 0 heterocycles. The lowest BCUT2D eigenvalue weighted by Gasteiger charge is -2.17. The maximum absolute atomic E-state index is 3.54. The number of fused-ring (bicyclic) bond motifs is 2. The van der Waals surface area contributed by atoms with Gasteiger partial charge in [-0.2, -0.15) is 0 Å². The summed E-state index contributed by atoms with van der Waals surface area (Å²) in [5.74, 6) is 0. The van der Waals surface area contributed by atoms with Gasteiger partial charge in [0.25, 0.3) is 0 Å². The Kier molecular flexibility index (Phi) is 3.03. The second kappa shape index (κ2) is 4.46. The van der Waals surface area contributed by atoms with Crippen LogP contribution in [-0.2, 0) is 0 Å². The Hall–Kier alpha value is -1.12. The molecule has 0 aliphatic carbocycles. The molecule has 0 aliphatic heterocycles. The van der Waals surface area contributed by atoms with Crippen molar-refractivity contribution in [2.75, 3.05) is 0 Å². The first kappa shape index (κ1) is 12.9. The van der Waals surface area contributed by atoms with E-state index < -0.39 is 8.07 Å². The highest BCUT2D eigenvalue weighted by Crippen LogP contribution is 2.25. The molecule has 3 aromatic rings. The monoisotopic (exact) mass is 328 g/mol. The topological polar surface area (TPSA) is 0 Å². The lowest BCUT2D eigenvalue weighted by Crippen LogP contribution is -2.37. The molecule has 96 valence electrons. The molecule has 3 rings (SSSR count). The van der Waals surface area contributed by atoms with Crippen LogP contribution in [0, 0.1) is 0 Å². The molecule has 0 amide bonds. The van der Waals surface area contributed by atoms with Gasteiger partial charge >= 0.3 is 0 Å². The van der Waals surface area contributed by atoms with Gasteiger partial charge in [-0.25, -0.2) is 0 Å². The summed E-state index contributed by atoms with van der Waals surface area (Å²) in [5, 5.41) is 6.81. The van der Waals surface area contributed by atoms with Crippen LogP contribution in [0.2, 0.25) is 19.6 Å². The Morgan fingerprint density at radius 1 is 0.684 bits per heavy atom. The summed E-state index contributed by atoms with van der Waals surface area (Å²) < 4.78 is 1.14. The molecule has 0 radical (unpaired) electrons. The lowest BCUT2D eigenvalue weighted by atomic mass is 10.0. The first-order chi connectivity index (χ1) is 8.93. The highest BCUT2D eigenvalue weighted by Gasteiger charge is 2.16. The van der Waals surface area contributed by atoms with Crippen molar-refractivity contribution in [2.45, 2.75) is 19.6 Å². The number of halogens is 1. The maximum atomic E-state index is 3.54. The van der Waals surface area contributed by atoms with Gasteiger partial charge in [0.05, 0.1) is 8.07 Å². The smallest absolute Gasteiger partial charge is 0.0656 e. The van der Waals surface area contributed by atoms with Crippen LogP contribution in [0.5, 0.6) is 0 Å². The van der Waals surface area contributed by atoms with Crippen molar-refractivity contribution in [1.29, 1.82) is 0 Å². The molecule has 0 saturated heterocycles. The van der Waals surface area contributed by atoms with Gasteiger partial charge < -0.3 is 0 Å². The molecule has 0 spiro atoms. The van der Waals surface area contributed by atoms with E-state index in [1.807, 2.05) is 0 Å². The van der Waals surface area contributed by atoms with Crippen LogP contribution >= 0.6 is 15.9 Å². The molecule has 19 heavy (non-hydrogen) atoms. The third kappa shape index (κ3) is 2.47. The van der Waals surface area contributed by atoms with Crippen molar-refractivity contribution < 1.29 is 0 Å². The maximum Gasteiger partial charge on any atom is 0.0776 e. The first-order valence-electron chi connectivity index (χ1n) is 6.57. The van der Waals surface area contributed by atoms with E-state index in [1.165, 1.54) is 26.7 Å². The zero-order chi connectivity index (χ0) is 13.6. The number of hydrogen-bond acceptors (Lipinski definition) is 0. The molecule has 0 fully saturated rings. The number of benzene rings is 3. The zero-order valence-electron chi connectivity index (χ0n) is 11.5. The molecule has 0 atom stereocenters. The molecule has 0 N–H and O–H groups in total. The Labute approximate surface area is 123 Å². The zero-order valence-corrected chi connectivity index (χ0v) is 14.1. The standard InChI is InChI=1S/C17H17BrSi/c1-19(2,3)17-7-5-13-8-14-10-16(18)6-4-12(14)9-15(13)11-17/h4-11H,1-3H3. The minimum absolute atomic E-state index is 1.14. The van der Waals surface area contributed by atoms with Crippen molar-refractivity contribution in [3.63, 3.8) is 0 Å². The highest BCUT2D eigenvalue weighted by molar-refractivity contribution is 9.10. The van der Waals surface area contributed by atoms with Gasteiger partial charge in [0.15, 0.2) is 0 Å². The molecule has 0 saturated carbocycles. The highest BCUT2D eigenvalue weighted by atomic mass is 79.9. The van der Waals surface area contributed by atoms with Gasteiger partial charge in [0.1, 0.15) is 0 Å². The summed E-state index contributed by atoms with van der Waals surface area (Å²) in [4.78, 5) is 0. The Morgan fingerprint density at radius 2 is 1.26 bits per heavy atom. The van der Waals surface area contributed by atoms with E-state index in [2.05, 4.69) is 84.1 Å². The van der Waals surface area contributed by atoms with Gasteiger partial charge in [-0.05, 0) is 45.8 Å². The van der Waals surface area contributed by atoms with Crippen molar-refractivity contribution in [3.8, 4) is 0 Å². The predicted molar refractivity (Wildman–Crippen MR) is 92.1 cm³/mol. The van der Waals surface area contributed by atoms with Crippen LogP contribution < -0.4 is 5.19 Å². The van der Waals surface area contributed by atoms with E-state index >= 15 is 0 Å². The van der Waals surface area contributed by atoms with Gasteiger partial charge in [0.2, 0.25) is 0 Å². The predicted octanol–water partition coefficient (Wildman–Crippen LogP) is 5.30. The molecule has 0 aromatic heterocycles. The van der Waals surface area contributed by atoms with E-state index in [4.69, 9.17) is 0 Å². The minimum atomic E-state index is -1.23. The van der Waals surface area contributed by atoms with E-state index in [9.17, 15) is 0 Å². The Balaban J connectivity index is 2.29. The van der Waals surface area contributed by atoms with Gasteiger partial charge in [-0.1, -0.05) is 65.0 Å². The van der Waals surface area contributed by atoms with Crippen LogP contribution in [0.15, 0.2) is 53.0 Å². The molecular formula is C17H17BrSi. The second-order valence-electron chi connectivity index (χ2n) is 6.16. The molecule has 0 unspecified atom stereocenters. The Morgan fingerprint density at radius 3 is 1.89 bits per heavy atom. The summed E-state index contributed by atoms with van der Waals surface area (Å²) in [6.45, 7) is 7.19. The molecule has 2 heteroatoms. The summed E-state index contributed by atoms with van der Waals surface area (Å²) in [7, 11) is -1.23. The Bertz CT molecular complexity index is 769. The van der Waals surface area contributed by atoms with Crippen molar-refractivity contribution >= 4 is 50.7 Å². The summed E-state index contributed by atoms with van der Waals surface area (Å²) in [5.41, 5.74) is 0. The van der Waals surface area contributed by atoms with Crippen molar-refractivity contribution in [1.82, 2.24) is 0 Å².